The van der Waals surface area contributed by atoms with Crippen molar-refractivity contribution >= 4 is 45.6 Å². The number of rotatable bonds is 14. The molecule has 0 unspecified atom stereocenters. The van der Waals surface area contributed by atoms with Crippen LogP contribution >= 0.6 is 0 Å². The Morgan fingerprint density at radius 3 is 1.24 bits per heavy atom. The van der Waals surface area contributed by atoms with Crippen molar-refractivity contribution in [2.45, 2.75) is 104 Å². The summed E-state index contributed by atoms with van der Waals surface area (Å²) in [4.78, 5) is 23.5. The average Bonchev–Trinajstić information content (AvgIpc) is 2.87. The SMILES string of the molecule is CC(C)OC(=O)CCCCCC=c1c2ccccc2c(=CCCCCCC(=O)OC(C)C)c2ccccc12. The molecule has 0 amide bonds. The zero-order valence-corrected chi connectivity index (χ0v) is 23.6. The first-order valence-electron chi connectivity index (χ1n) is 14.4. The molecule has 0 aliphatic heterocycles. The Bertz CT molecular complexity index is 1150. The number of carbonyl (C=O) groups excluding carboxylic acids is 2. The minimum atomic E-state index is -0.0959. The van der Waals surface area contributed by atoms with Crippen LogP contribution in [-0.2, 0) is 19.1 Å². The second-order valence-electron chi connectivity index (χ2n) is 10.6. The maximum Gasteiger partial charge on any atom is 0.306 e. The summed E-state index contributed by atoms with van der Waals surface area (Å²) in [5, 5.41) is 7.75. The monoisotopic (exact) mass is 516 g/mol. The number of esters is 2. The van der Waals surface area contributed by atoms with Crippen molar-refractivity contribution in [2.24, 2.45) is 0 Å². The van der Waals surface area contributed by atoms with Crippen LogP contribution in [0.4, 0.5) is 0 Å². The normalized spacial score (nSPS) is 11.3. The fourth-order valence-electron chi connectivity index (χ4n) is 4.95. The van der Waals surface area contributed by atoms with Crippen molar-refractivity contribution in [3.05, 3.63) is 59.0 Å². The van der Waals surface area contributed by atoms with Gasteiger partial charge in [-0.25, -0.2) is 0 Å². The molecular weight excluding hydrogens is 472 g/mol. The molecule has 4 nitrogen and oxygen atoms in total. The molecule has 0 saturated carbocycles. The number of fused-ring (bicyclic) bond motifs is 2. The van der Waals surface area contributed by atoms with Crippen LogP contribution in [-0.4, -0.2) is 24.1 Å². The highest BCUT2D eigenvalue weighted by Gasteiger charge is 2.07. The Morgan fingerprint density at radius 2 is 0.921 bits per heavy atom. The van der Waals surface area contributed by atoms with Crippen LogP contribution < -0.4 is 10.4 Å². The molecule has 0 aliphatic carbocycles. The van der Waals surface area contributed by atoms with Gasteiger partial charge in [0.25, 0.3) is 0 Å². The molecule has 0 aromatic heterocycles. The zero-order valence-electron chi connectivity index (χ0n) is 23.6. The number of ether oxygens (including phenoxy) is 2. The van der Waals surface area contributed by atoms with Gasteiger partial charge in [-0.3, -0.25) is 9.59 Å². The van der Waals surface area contributed by atoms with Crippen molar-refractivity contribution in [1.29, 1.82) is 0 Å². The molecule has 3 aromatic carbocycles. The van der Waals surface area contributed by atoms with Gasteiger partial charge in [0.05, 0.1) is 12.2 Å². The topological polar surface area (TPSA) is 52.6 Å². The molecule has 0 radical (unpaired) electrons. The van der Waals surface area contributed by atoms with Crippen molar-refractivity contribution in [3.8, 4) is 0 Å². The summed E-state index contributed by atoms with van der Waals surface area (Å²) < 4.78 is 10.5. The van der Waals surface area contributed by atoms with Crippen LogP contribution in [0.25, 0.3) is 33.7 Å². The third-order valence-electron chi connectivity index (χ3n) is 6.62. The van der Waals surface area contributed by atoms with Gasteiger partial charge < -0.3 is 9.47 Å². The summed E-state index contributed by atoms with van der Waals surface area (Å²) in [5.74, 6) is -0.192. The molecule has 0 heterocycles. The standard InChI is InChI=1S/C34H44O4/c1-25(2)37-33(35)23-11-7-5-9-17-27-29-19-13-15-21-31(29)28(32-22-16-14-20-30(27)32)18-10-6-8-12-24-34(36)38-26(3)4/h13-22,25-26H,5-12,23-24H2,1-4H3. The fraction of sp³-hybridized carbons (Fsp3) is 0.471. The second-order valence-corrected chi connectivity index (χ2v) is 10.6. The van der Waals surface area contributed by atoms with Gasteiger partial charge in [0, 0.05) is 12.8 Å². The Kier molecular flexibility index (Phi) is 11.9. The van der Waals surface area contributed by atoms with E-state index in [9.17, 15) is 9.59 Å². The average molecular weight is 517 g/mol. The predicted molar refractivity (Wildman–Crippen MR) is 158 cm³/mol. The zero-order chi connectivity index (χ0) is 27.3. The summed E-state index contributed by atoms with van der Waals surface area (Å²) in [6.07, 6.45) is 13.5. The van der Waals surface area contributed by atoms with E-state index in [0.29, 0.717) is 12.8 Å². The van der Waals surface area contributed by atoms with E-state index in [2.05, 4.69) is 60.7 Å². The predicted octanol–water partition coefficient (Wildman–Crippen LogP) is 7.36. The summed E-state index contributed by atoms with van der Waals surface area (Å²) >= 11 is 0. The largest absolute Gasteiger partial charge is 0.463 e. The molecule has 38 heavy (non-hydrogen) atoms. The van der Waals surface area contributed by atoms with Crippen LogP contribution in [0.1, 0.15) is 91.9 Å². The minimum Gasteiger partial charge on any atom is -0.463 e. The number of unbranched alkanes of at least 4 members (excludes halogenated alkanes) is 6. The molecule has 0 fully saturated rings. The second kappa shape index (κ2) is 15.3. The number of benzene rings is 3. The van der Waals surface area contributed by atoms with Gasteiger partial charge in [-0.05, 0) is 98.2 Å². The quantitative estimate of drug-likeness (QED) is 0.128. The Morgan fingerprint density at radius 1 is 0.579 bits per heavy atom. The Labute approximate surface area is 227 Å². The maximum absolute atomic E-state index is 11.8. The van der Waals surface area contributed by atoms with E-state index in [-0.39, 0.29) is 24.1 Å². The molecule has 0 aliphatic rings. The minimum absolute atomic E-state index is 0.0436. The van der Waals surface area contributed by atoms with E-state index in [4.69, 9.17) is 9.47 Å². The van der Waals surface area contributed by atoms with E-state index in [0.717, 1.165) is 51.4 Å². The van der Waals surface area contributed by atoms with Crippen LogP contribution in [0.15, 0.2) is 48.5 Å². The summed E-state index contributed by atoms with van der Waals surface area (Å²) in [7, 11) is 0. The van der Waals surface area contributed by atoms with Gasteiger partial charge in [-0.2, -0.15) is 0 Å². The molecule has 204 valence electrons. The molecule has 0 spiro atoms. The molecule has 0 N–H and O–H groups in total. The molecule has 3 rings (SSSR count). The van der Waals surface area contributed by atoms with Gasteiger partial charge >= 0.3 is 11.9 Å². The lowest BCUT2D eigenvalue weighted by atomic mass is 9.96. The van der Waals surface area contributed by atoms with Gasteiger partial charge in [-0.1, -0.05) is 73.5 Å². The van der Waals surface area contributed by atoms with Gasteiger partial charge in [0.15, 0.2) is 0 Å². The van der Waals surface area contributed by atoms with Gasteiger partial charge in [-0.15, -0.1) is 0 Å². The molecular formula is C34H44O4. The van der Waals surface area contributed by atoms with Gasteiger partial charge in [0.2, 0.25) is 0 Å². The Hall–Kier alpha value is -3.14. The van der Waals surface area contributed by atoms with Gasteiger partial charge in [0.1, 0.15) is 0 Å². The van der Waals surface area contributed by atoms with Crippen molar-refractivity contribution in [2.75, 3.05) is 0 Å². The van der Waals surface area contributed by atoms with Crippen LogP contribution in [0.3, 0.4) is 0 Å². The number of hydrogen-bond acceptors (Lipinski definition) is 4. The molecule has 0 atom stereocenters. The van der Waals surface area contributed by atoms with E-state index in [1.165, 1.54) is 32.0 Å². The van der Waals surface area contributed by atoms with Crippen LogP contribution in [0, 0.1) is 0 Å². The summed E-state index contributed by atoms with van der Waals surface area (Å²) in [6, 6.07) is 17.4. The van der Waals surface area contributed by atoms with E-state index in [1.54, 1.807) is 0 Å². The third kappa shape index (κ3) is 9.01. The Balaban J connectivity index is 1.72. The number of carbonyl (C=O) groups is 2. The lowest BCUT2D eigenvalue weighted by Crippen LogP contribution is -2.15. The van der Waals surface area contributed by atoms with Crippen LogP contribution in [0.2, 0.25) is 0 Å². The lowest BCUT2D eigenvalue weighted by molar-refractivity contribution is -0.148. The molecule has 0 saturated heterocycles. The highest BCUT2D eigenvalue weighted by atomic mass is 16.5. The first kappa shape index (κ1) is 29.4. The molecule has 4 heteroatoms. The molecule has 3 aromatic rings. The van der Waals surface area contributed by atoms with Crippen LogP contribution in [0.5, 0.6) is 0 Å². The summed E-state index contributed by atoms with van der Waals surface area (Å²) in [5.41, 5.74) is 0. The summed E-state index contributed by atoms with van der Waals surface area (Å²) in [6.45, 7) is 7.55. The first-order valence-corrected chi connectivity index (χ1v) is 14.4. The smallest absolute Gasteiger partial charge is 0.306 e. The van der Waals surface area contributed by atoms with Crippen molar-refractivity contribution in [1.82, 2.24) is 0 Å². The fourth-order valence-corrected chi connectivity index (χ4v) is 4.95. The van der Waals surface area contributed by atoms with E-state index in [1.807, 2.05) is 27.7 Å². The lowest BCUT2D eigenvalue weighted by Gasteiger charge is -2.09. The third-order valence-corrected chi connectivity index (χ3v) is 6.62. The van der Waals surface area contributed by atoms with E-state index >= 15 is 0 Å². The maximum atomic E-state index is 11.8. The highest BCUT2D eigenvalue weighted by Crippen LogP contribution is 2.16. The van der Waals surface area contributed by atoms with Crippen molar-refractivity contribution < 1.29 is 19.1 Å². The van der Waals surface area contributed by atoms with E-state index < -0.39 is 0 Å². The number of hydrogen-bond donors (Lipinski definition) is 0. The van der Waals surface area contributed by atoms with Crippen molar-refractivity contribution in [3.63, 3.8) is 0 Å². The first-order chi connectivity index (χ1) is 18.4. The molecule has 0 bridgehead atoms. The highest BCUT2D eigenvalue weighted by molar-refractivity contribution is 6.00.